The Balaban J connectivity index is 1.50. The Labute approximate surface area is 214 Å². The fourth-order valence-corrected chi connectivity index (χ4v) is 6.75. The van der Waals surface area contributed by atoms with E-state index >= 15 is 0 Å². The number of nitrogens with zero attached hydrogens (tertiary/aromatic N) is 2. The fourth-order valence-electron chi connectivity index (χ4n) is 5.16. The van der Waals surface area contributed by atoms with Crippen LogP contribution in [0.3, 0.4) is 0 Å². The molecule has 1 aliphatic rings. The van der Waals surface area contributed by atoms with E-state index < -0.39 is 26.7 Å². The molecule has 0 bridgehead atoms. The summed E-state index contributed by atoms with van der Waals surface area (Å²) in [4.78, 5) is -0.703. The lowest BCUT2D eigenvalue weighted by atomic mass is 9.97. The van der Waals surface area contributed by atoms with Crippen LogP contribution in [0.1, 0.15) is 34.4 Å². The third kappa shape index (κ3) is 4.60. The Hall–Kier alpha value is -3.36. The van der Waals surface area contributed by atoms with Crippen molar-refractivity contribution in [2.24, 2.45) is 0 Å². The number of hydrogen-bond acceptors (Lipinski definition) is 2. The number of fused-ring (bicyclic) bond motifs is 1. The van der Waals surface area contributed by atoms with Crippen LogP contribution in [0.25, 0.3) is 16.5 Å². The minimum atomic E-state index is -4.75. The summed E-state index contributed by atoms with van der Waals surface area (Å²) in [6.07, 6.45) is -2.51. The molecule has 5 rings (SSSR count). The van der Waals surface area contributed by atoms with Crippen molar-refractivity contribution in [2.75, 3.05) is 13.1 Å². The molecule has 0 spiro atoms. The molecule has 1 aromatic heterocycles. The molecule has 0 aliphatic carbocycles. The Kier molecular flexibility index (Phi) is 6.50. The largest absolute Gasteiger partial charge is 0.417 e. The normalized spacial score (nSPS) is 15.2. The molecule has 192 valence electrons. The number of sulfonamides is 1. The maximum absolute atomic E-state index is 13.5. The van der Waals surface area contributed by atoms with Crippen LogP contribution in [0.15, 0.2) is 83.8 Å². The summed E-state index contributed by atoms with van der Waals surface area (Å²) in [6.45, 7) is 4.99. The van der Waals surface area contributed by atoms with Gasteiger partial charge >= 0.3 is 6.18 Å². The first-order valence-corrected chi connectivity index (χ1v) is 13.5. The topological polar surface area (TPSA) is 42.3 Å². The number of halogens is 3. The van der Waals surface area contributed by atoms with E-state index in [9.17, 15) is 21.6 Å². The minimum absolute atomic E-state index is 0.0145. The highest BCUT2D eigenvalue weighted by molar-refractivity contribution is 7.89. The lowest BCUT2D eigenvalue weighted by Gasteiger charge is -2.27. The number of aryl methyl sites for hydroxylation is 1. The van der Waals surface area contributed by atoms with Crippen LogP contribution < -0.4 is 0 Å². The van der Waals surface area contributed by atoms with Crippen molar-refractivity contribution in [3.05, 3.63) is 107 Å². The molecule has 4 aromatic rings. The third-order valence-electron chi connectivity index (χ3n) is 7.12. The van der Waals surface area contributed by atoms with E-state index in [0.29, 0.717) is 13.0 Å². The van der Waals surface area contributed by atoms with Crippen molar-refractivity contribution in [1.82, 2.24) is 8.87 Å². The smallest absolute Gasteiger partial charge is 0.340 e. The molecule has 0 amide bonds. The minimum Gasteiger partial charge on any atom is -0.340 e. The fraction of sp³-hybridized carbons (Fsp3) is 0.241. The Morgan fingerprint density at radius 2 is 1.57 bits per heavy atom. The van der Waals surface area contributed by atoms with Gasteiger partial charge in [0.2, 0.25) is 10.0 Å². The average Bonchev–Trinajstić information content (AvgIpc) is 3.16. The number of hydrogen-bond donors (Lipinski definition) is 0. The zero-order chi connectivity index (χ0) is 26.4. The van der Waals surface area contributed by atoms with Gasteiger partial charge < -0.3 is 4.57 Å². The van der Waals surface area contributed by atoms with Crippen LogP contribution in [-0.2, 0) is 22.7 Å². The SMILES string of the molecule is Cc1ccccc1Cn1c(C)c(C2=CCN(S(=O)(=O)c3ccccc3C(F)(F)F)CC2)c2ccccc21. The molecule has 0 saturated carbocycles. The van der Waals surface area contributed by atoms with E-state index in [1.165, 1.54) is 23.3 Å². The lowest BCUT2D eigenvalue weighted by Crippen LogP contribution is -2.35. The second-order valence-electron chi connectivity index (χ2n) is 9.33. The summed E-state index contributed by atoms with van der Waals surface area (Å²) in [5, 5.41) is 1.08. The Morgan fingerprint density at radius 1 is 0.892 bits per heavy atom. The van der Waals surface area contributed by atoms with Crippen LogP contribution >= 0.6 is 0 Å². The molecule has 0 fully saturated rings. The Bertz CT molecular complexity index is 1620. The van der Waals surface area contributed by atoms with Crippen molar-refractivity contribution >= 4 is 26.5 Å². The summed E-state index contributed by atoms with van der Waals surface area (Å²) >= 11 is 0. The monoisotopic (exact) mass is 524 g/mol. The van der Waals surface area contributed by atoms with Crippen LogP contribution in [0, 0.1) is 13.8 Å². The van der Waals surface area contributed by atoms with Gasteiger partial charge in [0.05, 0.1) is 10.5 Å². The van der Waals surface area contributed by atoms with Crippen LogP contribution in [0.4, 0.5) is 13.2 Å². The van der Waals surface area contributed by atoms with Gasteiger partial charge in [-0.25, -0.2) is 8.42 Å². The summed E-state index contributed by atoms with van der Waals surface area (Å²) in [6, 6.07) is 20.7. The zero-order valence-corrected chi connectivity index (χ0v) is 21.4. The van der Waals surface area contributed by atoms with Gasteiger partial charge in [-0.2, -0.15) is 17.5 Å². The molecular weight excluding hydrogens is 497 g/mol. The van der Waals surface area contributed by atoms with Crippen molar-refractivity contribution in [1.29, 1.82) is 0 Å². The summed E-state index contributed by atoms with van der Waals surface area (Å²) in [5.41, 5.74) is 5.53. The number of aromatic nitrogens is 1. The first kappa shape index (κ1) is 25.3. The van der Waals surface area contributed by atoms with Crippen LogP contribution in [-0.4, -0.2) is 30.4 Å². The van der Waals surface area contributed by atoms with Crippen LogP contribution in [0.5, 0.6) is 0 Å². The molecule has 0 saturated heterocycles. The van der Waals surface area contributed by atoms with Gasteiger partial charge in [-0.05, 0) is 55.2 Å². The van der Waals surface area contributed by atoms with Gasteiger partial charge in [0.15, 0.2) is 0 Å². The second kappa shape index (κ2) is 9.50. The lowest BCUT2D eigenvalue weighted by molar-refractivity contribution is -0.139. The number of alkyl halides is 3. The molecule has 37 heavy (non-hydrogen) atoms. The van der Waals surface area contributed by atoms with Crippen molar-refractivity contribution in [3.63, 3.8) is 0 Å². The second-order valence-corrected chi connectivity index (χ2v) is 11.2. The molecular formula is C29H27F3N2O2S. The molecule has 3 aromatic carbocycles. The van der Waals surface area contributed by atoms with Crippen molar-refractivity contribution in [2.45, 2.75) is 37.9 Å². The highest BCUT2D eigenvalue weighted by atomic mass is 32.2. The standard InChI is InChI=1S/C29H27F3N2O2S/c1-20-9-3-4-10-23(20)19-34-21(2)28(24-11-5-7-13-26(24)34)22-15-17-33(18-16-22)37(35,36)27-14-8-6-12-25(27)29(30,31)32/h3-15H,16-19H2,1-2H3. The average molecular weight is 525 g/mol. The predicted molar refractivity (Wildman–Crippen MR) is 140 cm³/mol. The summed E-state index contributed by atoms with van der Waals surface area (Å²) in [7, 11) is -4.31. The molecule has 0 radical (unpaired) electrons. The summed E-state index contributed by atoms with van der Waals surface area (Å²) in [5.74, 6) is 0. The molecule has 1 aliphatic heterocycles. The van der Waals surface area contributed by atoms with Gasteiger partial charge in [-0.1, -0.05) is 60.7 Å². The van der Waals surface area contributed by atoms with Gasteiger partial charge in [0.1, 0.15) is 0 Å². The van der Waals surface area contributed by atoms with E-state index in [4.69, 9.17) is 0 Å². The maximum Gasteiger partial charge on any atom is 0.417 e. The van der Waals surface area contributed by atoms with E-state index in [2.05, 4.69) is 42.7 Å². The maximum atomic E-state index is 13.5. The van der Waals surface area contributed by atoms with E-state index in [-0.39, 0.29) is 13.1 Å². The van der Waals surface area contributed by atoms with Crippen LogP contribution in [0.2, 0.25) is 0 Å². The molecule has 0 atom stereocenters. The predicted octanol–water partition coefficient (Wildman–Crippen LogP) is 6.80. The Morgan fingerprint density at radius 3 is 2.27 bits per heavy atom. The number of rotatable bonds is 5. The zero-order valence-electron chi connectivity index (χ0n) is 20.6. The van der Waals surface area contributed by atoms with Crippen molar-refractivity contribution < 1.29 is 21.6 Å². The van der Waals surface area contributed by atoms with E-state index in [0.717, 1.165) is 44.2 Å². The molecule has 8 heteroatoms. The van der Waals surface area contributed by atoms with E-state index in [1.54, 1.807) is 0 Å². The first-order valence-electron chi connectivity index (χ1n) is 12.1. The quantitative estimate of drug-likeness (QED) is 0.288. The molecule has 0 N–H and O–H groups in total. The van der Waals surface area contributed by atoms with E-state index in [1.807, 2.05) is 30.3 Å². The summed E-state index contributed by atoms with van der Waals surface area (Å²) < 4.78 is 70.3. The third-order valence-corrected chi connectivity index (χ3v) is 9.05. The van der Waals surface area contributed by atoms with Gasteiger partial charge in [-0.3, -0.25) is 0 Å². The first-order chi connectivity index (χ1) is 17.6. The van der Waals surface area contributed by atoms with Crippen molar-refractivity contribution in [3.8, 4) is 0 Å². The van der Waals surface area contributed by atoms with Gasteiger partial charge in [-0.15, -0.1) is 0 Å². The highest BCUT2D eigenvalue weighted by Crippen LogP contribution is 2.38. The van der Waals surface area contributed by atoms with Gasteiger partial charge in [0, 0.05) is 41.8 Å². The number of para-hydroxylation sites is 1. The molecule has 4 nitrogen and oxygen atoms in total. The van der Waals surface area contributed by atoms with Gasteiger partial charge in [0.25, 0.3) is 0 Å². The molecule has 2 heterocycles. The highest BCUT2D eigenvalue weighted by Gasteiger charge is 2.39. The molecule has 0 unspecified atom stereocenters. The number of benzene rings is 3.